The van der Waals surface area contributed by atoms with Crippen LogP contribution in [0, 0.1) is 0 Å². The van der Waals surface area contributed by atoms with E-state index in [-0.39, 0.29) is 29.9 Å². The molecule has 29 heavy (non-hydrogen) atoms. The maximum absolute atomic E-state index is 12.5. The van der Waals surface area contributed by atoms with Gasteiger partial charge in [0.25, 0.3) is 0 Å². The summed E-state index contributed by atoms with van der Waals surface area (Å²) in [7, 11) is 0. The number of ether oxygens (including phenoxy) is 1. The van der Waals surface area contributed by atoms with Gasteiger partial charge in [-0.2, -0.15) is 0 Å². The maximum atomic E-state index is 12.5. The Labute approximate surface area is 181 Å². The van der Waals surface area contributed by atoms with Crippen LogP contribution in [0.5, 0.6) is 0 Å². The number of aryl methyl sites for hydroxylation is 1. The zero-order valence-electron chi connectivity index (χ0n) is 16.9. The molecule has 0 atom stereocenters. The standard InChI is InChI=1S/C24H28BrNO3/c1-2-18-6-8-19(9-7-18)22(27)10-11-23(28)26-17-24(12-14-29-15-13-24)20-4-3-5-21(25)16-20/h3-9,16H,2,10-15,17H2,1H3,(H,26,28). The second-order valence-electron chi connectivity index (χ2n) is 7.65. The van der Waals surface area contributed by atoms with Crippen molar-refractivity contribution in [1.82, 2.24) is 5.32 Å². The third kappa shape index (κ3) is 5.77. The van der Waals surface area contributed by atoms with Crippen molar-refractivity contribution >= 4 is 27.6 Å². The van der Waals surface area contributed by atoms with Crippen LogP contribution in [-0.2, 0) is 21.4 Å². The van der Waals surface area contributed by atoms with Crippen molar-refractivity contribution in [2.75, 3.05) is 19.8 Å². The summed E-state index contributed by atoms with van der Waals surface area (Å²) < 4.78 is 6.59. The second-order valence-corrected chi connectivity index (χ2v) is 8.57. The lowest BCUT2D eigenvalue weighted by molar-refractivity contribution is -0.121. The van der Waals surface area contributed by atoms with Crippen LogP contribution in [0.2, 0.25) is 0 Å². The van der Waals surface area contributed by atoms with Crippen molar-refractivity contribution < 1.29 is 14.3 Å². The van der Waals surface area contributed by atoms with E-state index >= 15 is 0 Å². The second kappa shape index (κ2) is 10.2. The zero-order valence-corrected chi connectivity index (χ0v) is 18.5. The minimum Gasteiger partial charge on any atom is -0.381 e. The molecule has 1 heterocycles. The predicted molar refractivity (Wildman–Crippen MR) is 118 cm³/mol. The van der Waals surface area contributed by atoms with Crippen molar-refractivity contribution in [3.05, 3.63) is 69.7 Å². The number of carbonyl (C=O) groups is 2. The SMILES string of the molecule is CCc1ccc(C(=O)CCC(=O)NCC2(c3cccc(Br)c3)CCOCC2)cc1. The molecule has 4 nitrogen and oxygen atoms in total. The van der Waals surface area contributed by atoms with Gasteiger partial charge in [-0.25, -0.2) is 0 Å². The molecule has 154 valence electrons. The molecule has 1 amide bonds. The molecule has 1 N–H and O–H groups in total. The summed E-state index contributed by atoms with van der Waals surface area (Å²) in [4.78, 5) is 24.8. The molecule has 2 aromatic carbocycles. The smallest absolute Gasteiger partial charge is 0.220 e. The number of benzene rings is 2. The molecule has 1 aliphatic rings. The fraction of sp³-hybridized carbons (Fsp3) is 0.417. The summed E-state index contributed by atoms with van der Waals surface area (Å²) in [6, 6.07) is 15.9. The fourth-order valence-corrected chi connectivity index (χ4v) is 4.20. The summed E-state index contributed by atoms with van der Waals surface area (Å²) in [5, 5.41) is 3.07. The number of hydrogen-bond acceptors (Lipinski definition) is 3. The molecule has 0 saturated carbocycles. The summed E-state index contributed by atoms with van der Waals surface area (Å²) in [6.45, 7) is 4.02. The van der Waals surface area contributed by atoms with Crippen LogP contribution in [0.4, 0.5) is 0 Å². The molecular formula is C24H28BrNO3. The molecule has 0 bridgehead atoms. The molecule has 0 radical (unpaired) electrons. The summed E-state index contributed by atoms with van der Waals surface area (Å²) in [5.74, 6) is -0.0695. The highest BCUT2D eigenvalue weighted by Gasteiger charge is 2.35. The molecule has 2 aromatic rings. The molecule has 1 fully saturated rings. The van der Waals surface area contributed by atoms with E-state index in [2.05, 4.69) is 40.3 Å². The summed E-state index contributed by atoms with van der Waals surface area (Å²) >= 11 is 3.55. The highest BCUT2D eigenvalue weighted by atomic mass is 79.9. The predicted octanol–water partition coefficient (Wildman–Crippen LogP) is 4.84. The molecule has 1 aliphatic heterocycles. The van der Waals surface area contributed by atoms with Crippen LogP contribution in [0.1, 0.15) is 54.1 Å². The average molecular weight is 458 g/mol. The van der Waals surface area contributed by atoms with E-state index in [0.29, 0.717) is 25.3 Å². The topological polar surface area (TPSA) is 55.4 Å². The molecule has 0 aromatic heterocycles. The van der Waals surface area contributed by atoms with E-state index in [4.69, 9.17) is 4.74 Å². The molecule has 0 spiro atoms. The van der Waals surface area contributed by atoms with E-state index in [1.165, 1.54) is 11.1 Å². The van der Waals surface area contributed by atoms with Crippen LogP contribution < -0.4 is 5.32 Å². The van der Waals surface area contributed by atoms with Gasteiger partial charge in [-0.05, 0) is 42.5 Å². The monoisotopic (exact) mass is 457 g/mol. The van der Waals surface area contributed by atoms with Gasteiger partial charge in [0.15, 0.2) is 5.78 Å². The van der Waals surface area contributed by atoms with Gasteiger partial charge in [0, 0.05) is 48.1 Å². The Balaban J connectivity index is 1.56. The number of ketones is 1. The lowest BCUT2D eigenvalue weighted by Crippen LogP contribution is -2.44. The van der Waals surface area contributed by atoms with Crippen LogP contribution in [0.15, 0.2) is 53.0 Å². The number of carbonyl (C=O) groups excluding carboxylic acids is 2. The third-order valence-electron chi connectivity index (χ3n) is 5.77. The Morgan fingerprint density at radius 2 is 1.79 bits per heavy atom. The number of amides is 1. The number of Topliss-reactive ketones (excluding diaryl/α,β-unsaturated/α-hetero) is 1. The largest absolute Gasteiger partial charge is 0.381 e. The quantitative estimate of drug-likeness (QED) is 0.576. The average Bonchev–Trinajstić information content (AvgIpc) is 2.76. The minimum atomic E-state index is -0.127. The summed E-state index contributed by atoms with van der Waals surface area (Å²) in [5.41, 5.74) is 2.96. The number of rotatable bonds is 8. The lowest BCUT2D eigenvalue weighted by Gasteiger charge is -2.38. The van der Waals surface area contributed by atoms with Crippen molar-refractivity contribution in [2.45, 2.75) is 44.4 Å². The Bertz CT molecular complexity index is 841. The Morgan fingerprint density at radius 3 is 2.45 bits per heavy atom. The molecule has 0 unspecified atom stereocenters. The first-order chi connectivity index (χ1) is 14.0. The highest BCUT2D eigenvalue weighted by molar-refractivity contribution is 9.10. The van der Waals surface area contributed by atoms with Gasteiger partial charge in [0.2, 0.25) is 5.91 Å². The summed E-state index contributed by atoms with van der Waals surface area (Å²) in [6.07, 6.45) is 3.12. The van der Waals surface area contributed by atoms with Crippen molar-refractivity contribution in [2.24, 2.45) is 0 Å². The normalized spacial score (nSPS) is 15.7. The first kappa shape index (κ1) is 21.7. The maximum Gasteiger partial charge on any atom is 0.220 e. The number of halogens is 1. The van der Waals surface area contributed by atoms with Gasteiger partial charge in [-0.3, -0.25) is 9.59 Å². The van der Waals surface area contributed by atoms with Gasteiger partial charge < -0.3 is 10.1 Å². The van der Waals surface area contributed by atoms with E-state index in [1.54, 1.807) is 0 Å². The number of hydrogen-bond donors (Lipinski definition) is 1. The zero-order chi connectivity index (χ0) is 20.7. The van der Waals surface area contributed by atoms with Crippen LogP contribution in [0.3, 0.4) is 0 Å². The Kier molecular flexibility index (Phi) is 7.62. The van der Waals surface area contributed by atoms with E-state index < -0.39 is 0 Å². The van der Waals surface area contributed by atoms with Crippen molar-refractivity contribution in [3.63, 3.8) is 0 Å². The van der Waals surface area contributed by atoms with Gasteiger partial charge in [-0.15, -0.1) is 0 Å². The lowest BCUT2D eigenvalue weighted by atomic mass is 9.74. The van der Waals surface area contributed by atoms with E-state index in [1.807, 2.05) is 36.4 Å². The Morgan fingerprint density at radius 1 is 1.07 bits per heavy atom. The first-order valence-electron chi connectivity index (χ1n) is 10.2. The molecule has 1 saturated heterocycles. The van der Waals surface area contributed by atoms with Crippen molar-refractivity contribution in [1.29, 1.82) is 0 Å². The minimum absolute atomic E-state index is 0.00979. The fourth-order valence-electron chi connectivity index (χ4n) is 3.80. The van der Waals surface area contributed by atoms with Gasteiger partial charge >= 0.3 is 0 Å². The Hall–Kier alpha value is -1.98. The first-order valence-corrected chi connectivity index (χ1v) is 11.0. The van der Waals surface area contributed by atoms with E-state index in [9.17, 15) is 9.59 Å². The van der Waals surface area contributed by atoms with Crippen LogP contribution >= 0.6 is 15.9 Å². The van der Waals surface area contributed by atoms with Crippen LogP contribution in [0.25, 0.3) is 0 Å². The molecule has 5 heteroatoms. The van der Waals surface area contributed by atoms with Crippen molar-refractivity contribution in [3.8, 4) is 0 Å². The number of nitrogens with one attached hydrogen (secondary N) is 1. The highest BCUT2D eigenvalue weighted by Crippen LogP contribution is 2.35. The van der Waals surface area contributed by atoms with E-state index in [0.717, 1.165) is 23.7 Å². The van der Waals surface area contributed by atoms with Gasteiger partial charge in [0.05, 0.1) is 0 Å². The molecule has 3 rings (SSSR count). The molecular weight excluding hydrogens is 430 g/mol. The third-order valence-corrected chi connectivity index (χ3v) is 6.27. The van der Waals surface area contributed by atoms with Gasteiger partial charge in [-0.1, -0.05) is 59.3 Å². The molecule has 0 aliphatic carbocycles. The van der Waals surface area contributed by atoms with Gasteiger partial charge in [0.1, 0.15) is 0 Å². The van der Waals surface area contributed by atoms with Crippen LogP contribution in [-0.4, -0.2) is 31.4 Å².